The number of amides is 1. The van der Waals surface area contributed by atoms with Gasteiger partial charge in [-0.1, -0.05) is 49.7 Å². The maximum Gasteiger partial charge on any atom is 0.254 e. The largest absolute Gasteiger partial charge is 0.338 e. The molecular formula is C23H28N2O2. The van der Waals surface area contributed by atoms with E-state index in [4.69, 9.17) is 5.73 Å². The summed E-state index contributed by atoms with van der Waals surface area (Å²) in [7, 11) is 0. The van der Waals surface area contributed by atoms with Crippen LogP contribution in [0.5, 0.6) is 0 Å². The van der Waals surface area contributed by atoms with E-state index < -0.39 is 0 Å². The molecule has 142 valence electrons. The van der Waals surface area contributed by atoms with Crippen LogP contribution < -0.4 is 5.73 Å². The van der Waals surface area contributed by atoms with Crippen molar-refractivity contribution in [1.82, 2.24) is 4.90 Å². The first-order valence-corrected chi connectivity index (χ1v) is 9.46. The van der Waals surface area contributed by atoms with E-state index in [2.05, 4.69) is 13.8 Å². The molecule has 0 aliphatic carbocycles. The highest BCUT2D eigenvalue weighted by Gasteiger charge is 2.36. The molecule has 27 heavy (non-hydrogen) atoms. The minimum atomic E-state index is -0.139. The molecule has 1 unspecified atom stereocenters. The molecule has 0 aromatic heterocycles. The van der Waals surface area contributed by atoms with Crippen molar-refractivity contribution in [2.75, 3.05) is 13.1 Å². The average molecular weight is 364 g/mol. The monoisotopic (exact) mass is 364 g/mol. The Morgan fingerprint density at radius 3 is 2.37 bits per heavy atom. The van der Waals surface area contributed by atoms with Crippen LogP contribution in [0.3, 0.4) is 0 Å². The van der Waals surface area contributed by atoms with Crippen molar-refractivity contribution in [2.45, 2.75) is 40.2 Å². The zero-order valence-corrected chi connectivity index (χ0v) is 16.6. The summed E-state index contributed by atoms with van der Waals surface area (Å²) in [5.74, 6) is -0.197. The Balaban J connectivity index is 1.96. The first-order chi connectivity index (χ1) is 12.7. The van der Waals surface area contributed by atoms with Crippen LogP contribution in [0.1, 0.15) is 57.7 Å². The SMILES string of the molecule is Cc1ccc(C)c(C(=O)c2ccccc2C(=O)N2CCC(N)C(C)(C)C2)c1. The highest BCUT2D eigenvalue weighted by atomic mass is 16.2. The van der Waals surface area contributed by atoms with Crippen molar-refractivity contribution >= 4 is 11.7 Å². The van der Waals surface area contributed by atoms with Crippen LogP contribution in [0.4, 0.5) is 0 Å². The van der Waals surface area contributed by atoms with Gasteiger partial charge in [0.05, 0.1) is 5.56 Å². The fraction of sp³-hybridized carbons (Fsp3) is 0.391. The molecule has 1 amide bonds. The molecule has 3 rings (SSSR count). The molecule has 4 heteroatoms. The molecule has 0 radical (unpaired) electrons. The van der Waals surface area contributed by atoms with Crippen molar-refractivity contribution in [3.05, 3.63) is 70.3 Å². The van der Waals surface area contributed by atoms with Crippen LogP contribution in [0.15, 0.2) is 42.5 Å². The molecule has 1 saturated heterocycles. The van der Waals surface area contributed by atoms with E-state index in [0.717, 1.165) is 17.5 Å². The third-order valence-corrected chi connectivity index (χ3v) is 5.64. The molecule has 0 saturated carbocycles. The van der Waals surface area contributed by atoms with Gasteiger partial charge in [-0.25, -0.2) is 0 Å². The number of rotatable bonds is 3. The summed E-state index contributed by atoms with van der Waals surface area (Å²) in [6.45, 7) is 9.28. The van der Waals surface area contributed by atoms with E-state index in [1.165, 1.54) is 0 Å². The second-order valence-electron chi connectivity index (χ2n) is 8.30. The molecule has 1 atom stereocenters. The third kappa shape index (κ3) is 3.81. The van der Waals surface area contributed by atoms with Gasteiger partial charge < -0.3 is 10.6 Å². The third-order valence-electron chi connectivity index (χ3n) is 5.64. The Kier molecular flexibility index (Phi) is 5.20. The standard InChI is InChI=1S/C23H28N2O2/c1-15-9-10-16(2)19(13-15)21(26)17-7-5-6-8-18(17)22(27)25-12-11-20(24)23(3,4)14-25/h5-10,13,20H,11-12,14,24H2,1-4H3. The van der Waals surface area contributed by atoms with E-state index in [1.54, 1.807) is 12.1 Å². The number of carbonyl (C=O) groups is 2. The number of piperidine rings is 1. The first kappa shape index (κ1) is 19.3. The highest BCUT2D eigenvalue weighted by molar-refractivity contribution is 6.16. The Morgan fingerprint density at radius 2 is 1.70 bits per heavy atom. The minimum absolute atomic E-state index is 0.0772. The number of carbonyl (C=O) groups excluding carboxylic acids is 2. The lowest BCUT2D eigenvalue weighted by atomic mass is 9.79. The van der Waals surface area contributed by atoms with Gasteiger partial charge in [-0.15, -0.1) is 0 Å². The van der Waals surface area contributed by atoms with E-state index in [-0.39, 0.29) is 23.1 Å². The van der Waals surface area contributed by atoms with Crippen LogP contribution >= 0.6 is 0 Å². The van der Waals surface area contributed by atoms with Crippen molar-refractivity contribution < 1.29 is 9.59 Å². The highest BCUT2D eigenvalue weighted by Crippen LogP contribution is 2.29. The second kappa shape index (κ2) is 7.28. The van der Waals surface area contributed by atoms with Crippen LogP contribution in [0.25, 0.3) is 0 Å². The number of ketones is 1. The summed E-state index contributed by atoms with van der Waals surface area (Å²) < 4.78 is 0. The minimum Gasteiger partial charge on any atom is -0.338 e. The fourth-order valence-corrected chi connectivity index (χ4v) is 3.71. The molecule has 0 spiro atoms. The number of aryl methyl sites for hydroxylation is 2. The molecule has 0 bridgehead atoms. The first-order valence-electron chi connectivity index (χ1n) is 9.46. The summed E-state index contributed by atoms with van der Waals surface area (Å²) in [6.07, 6.45) is 0.770. The smallest absolute Gasteiger partial charge is 0.254 e. The predicted octanol–water partition coefficient (Wildman–Crippen LogP) is 3.73. The topological polar surface area (TPSA) is 63.4 Å². The van der Waals surface area contributed by atoms with Crippen molar-refractivity contribution in [3.63, 3.8) is 0 Å². The number of nitrogens with two attached hydrogens (primary N) is 1. The van der Waals surface area contributed by atoms with Gasteiger partial charge in [0.15, 0.2) is 5.78 Å². The van der Waals surface area contributed by atoms with E-state index in [0.29, 0.717) is 29.8 Å². The summed E-state index contributed by atoms with van der Waals surface area (Å²) in [4.78, 5) is 28.3. The summed E-state index contributed by atoms with van der Waals surface area (Å²) >= 11 is 0. The molecule has 1 aliphatic heterocycles. The Labute approximate surface area is 161 Å². The fourth-order valence-electron chi connectivity index (χ4n) is 3.71. The van der Waals surface area contributed by atoms with Gasteiger partial charge >= 0.3 is 0 Å². The Morgan fingerprint density at radius 1 is 1.04 bits per heavy atom. The van der Waals surface area contributed by atoms with E-state index in [1.807, 2.05) is 49.1 Å². The number of nitrogens with zero attached hydrogens (tertiary/aromatic N) is 1. The lowest BCUT2D eigenvalue weighted by Gasteiger charge is -2.42. The van der Waals surface area contributed by atoms with Crippen LogP contribution in [0.2, 0.25) is 0 Å². The molecule has 1 aliphatic rings. The van der Waals surface area contributed by atoms with Crippen LogP contribution in [0, 0.1) is 19.3 Å². The summed E-state index contributed by atoms with van der Waals surface area (Å²) in [5.41, 5.74) is 9.59. The average Bonchev–Trinajstić information content (AvgIpc) is 2.64. The number of benzene rings is 2. The van der Waals surface area contributed by atoms with Gasteiger partial charge in [0.1, 0.15) is 0 Å². The lowest BCUT2D eigenvalue weighted by Crippen LogP contribution is -2.54. The summed E-state index contributed by atoms with van der Waals surface area (Å²) in [6, 6.07) is 13.0. The van der Waals surface area contributed by atoms with Crippen molar-refractivity contribution in [1.29, 1.82) is 0 Å². The quantitative estimate of drug-likeness (QED) is 0.844. The molecule has 2 N–H and O–H groups in total. The van der Waals surface area contributed by atoms with Crippen molar-refractivity contribution in [2.24, 2.45) is 11.1 Å². The molecular weight excluding hydrogens is 336 g/mol. The number of hydrogen-bond donors (Lipinski definition) is 1. The maximum atomic E-state index is 13.2. The van der Waals surface area contributed by atoms with Gasteiger partial charge in [-0.05, 0) is 43.4 Å². The maximum absolute atomic E-state index is 13.2. The molecule has 2 aromatic rings. The normalized spacial score (nSPS) is 19.0. The number of likely N-dealkylation sites (tertiary alicyclic amines) is 1. The van der Waals surface area contributed by atoms with Crippen LogP contribution in [-0.2, 0) is 0 Å². The second-order valence-corrected chi connectivity index (χ2v) is 8.30. The predicted molar refractivity (Wildman–Crippen MR) is 108 cm³/mol. The summed E-state index contributed by atoms with van der Waals surface area (Å²) in [5, 5.41) is 0. The Bertz CT molecular complexity index is 886. The van der Waals surface area contributed by atoms with Crippen LogP contribution in [-0.4, -0.2) is 35.7 Å². The van der Waals surface area contributed by atoms with Gasteiger partial charge in [0, 0.05) is 30.3 Å². The molecule has 1 heterocycles. The van der Waals surface area contributed by atoms with Gasteiger partial charge in [-0.2, -0.15) is 0 Å². The molecule has 2 aromatic carbocycles. The van der Waals surface area contributed by atoms with Gasteiger partial charge in [0.2, 0.25) is 0 Å². The van der Waals surface area contributed by atoms with E-state index in [9.17, 15) is 9.59 Å². The van der Waals surface area contributed by atoms with Crippen molar-refractivity contribution in [3.8, 4) is 0 Å². The lowest BCUT2D eigenvalue weighted by molar-refractivity contribution is 0.0531. The molecule has 1 fully saturated rings. The van der Waals surface area contributed by atoms with Gasteiger partial charge in [-0.3, -0.25) is 9.59 Å². The molecule has 4 nitrogen and oxygen atoms in total. The van der Waals surface area contributed by atoms with E-state index >= 15 is 0 Å². The Hall–Kier alpha value is -2.46. The zero-order valence-electron chi connectivity index (χ0n) is 16.6. The van der Waals surface area contributed by atoms with Gasteiger partial charge in [0.25, 0.3) is 5.91 Å². The number of hydrogen-bond acceptors (Lipinski definition) is 3. The zero-order chi connectivity index (χ0) is 19.8.